The number of carbonyl (C=O) groups excluding carboxylic acids is 3. The molecule has 0 saturated carbocycles. The average Bonchev–Trinajstić information content (AvgIpc) is 2.96. The van der Waals surface area contributed by atoms with Gasteiger partial charge in [0.2, 0.25) is 0 Å². The van der Waals surface area contributed by atoms with E-state index in [1.807, 2.05) is 0 Å². The standard InChI is InChI=1S/C20H17ClN2O5S/c21-14-6-2-4-8-16(14)27-10-9-23-19(25)17(29-20(23)26)11-13-5-1-3-7-15(13)28-12-18(22)24/h1-8,11H,9-10,12H2,(H2,22,24)/b17-11-. The Bertz CT molecular complexity index is 979. The fourth-order valence-corrected chi connectivity index (χ4v) is 3.57. The van der Waals surface area contributed by atoms with E-state index in [0.717, 1.165) is 16.7 Å². The van der Waals surface area contributed by atoms with Gasteiger partial charge >= 0.3 is 0 Å². The number of nitrogens with two attached hydrogens (primary N) is 1. The van der Waals surface area contributed by atoms with Gasteiger partial charge in [-0.25, -0.2) is 0 Å². The van der Waals surface area contributed by atoms with Gasteiger partial charge in [-0.1, -0.05) is 41.9 Å². The molecule has 1 saturated heterocycles. The van der Waals surface area contributed by atoms with Gasteiger partial charge in [-0.3, -0.25) is 19.3 Å². The van der Waals surface area contributed by atoms with Gasteiger partial charge in [-0.15, -0.1) is 0 Å². The van der Waals surface area contributed by atoms with E-state index in [2.05, 4.69) is 0 Å². The van der Waals surface area contributed by atoms with E-state index in [1.54, 1.807) is 54.6 Å². The molecule has 1 aliphatic rings. The molecule has 0 unspecified atom stereocenters. The second-order valence-corrected chi connectivity index (χ2v) is 7.31. The molecule has 0 radical (unpaired) electrons. The molecule has 0 atom stereocenters. The zero-order valence-electron chi connectivity index (χ0n) is 15.2. The van der Waals surface area contributed by atoms with Crippen molar-refractivity contribution in [3.63, 3.8) is 0 Å². The minimum Gasteiger partial charge on any atom is -0.490 e. The molecule has 29 heavy (non-hydrogen) atoms. The summed E-state index contributed by atoms with van der Waals surface area (Å²) in [6.45, 7) is -0.0773. The number of benzene rings is 2. The van der Waals surface area contributed by atoms with Crippen molar-refractivity contribution in [2.75, 3.05) is 19.8 Å². The third-order valence-electron chi connectivity index (χ3n) is 3.86. The Kier molecular flexibility index (Phi) is 6.79. The molecule has 3 amide bonds. The van der Waals surface area contributed by atoms with Crippen molar-refractivity contribution in [3.05, 3.63) is 64.0 Å². The minimum atomic E-state index is -0.612. The summed E-state index contributed by atoms with van der Waals surface area (Å²) >= 11 is 6.85. The monoisotopic (exact) mass is 432 g/mol. The Morgan fingerprint density at radius 1 is 1.07 bits per heavy atom. The van der Waals surface area contributed by atoms with Crippen LogP contribution in [0.25, 0.3) is 6.08 Å². The topological polar surface area (TPSA) is 98.9 Å². The van der Waals surface area contributed by atoms with Crippen molar-refractivity contribution in [3.8, 4) is 11.5 Å². The fourth-order valence-electron chi connectivity index (χ4n) is 2.52. The van der Waals surface area contributed by atoms with Crippen LogP contribution in [0.4, 0.5) is 4.79 Å². The van der Waals surface area contributed by atoms with Crippen LogP contribution in [0, 0.1) is 0 Å². The SMILES string of the molecule is NC(=O)COc1ccccc1/C=C1\SC(=O)N(CCOc2ccccc2Cl)C1=O. The van der Waals surface area contributed by atoms with Crippen LogP contribution < -0.4 is 15.2 Å². The van der Waals surface area contributed by atoms with Crippen LogP contribution in [0.1, 0.15) is 5.56 Å². The molecule has 0 aromatic heterocycles. The van der Waals surface area contributed by atoms with E-state index >= 15 is 0 Å². The van der Waals surface area contributed by atoms with E-state index in [0.29, 0.717) is 22.1 Å². The molecule has 9 heteroatoms. The lowest BCUT2D eigenvalue weighted by molar-refractivity contribution is -0.123. The van der Waals surface area contributed by atoms with Gasteiger partial charge < -0.3 is 15.2 Å². The predicted octanol–water partition coefficient (Wildman–Crippen LogP) is 3.32. The number of ether oxygens (including phenoxy) is 2. The van der Waals surface area contributed by atoms with Gasteiger partial charge in [-0.05, 0) is 36.0 Å². The number of para-hydroxylation sites is 2. The Labute approximate surface area is 176 Å². The predicted molar refractivity (Wildman–Crippen MR) is 111 cm³/mol. The van der Waals surface area contributed by atoms with Gasteiger partial charge in [0.25, 0.3) is 17.1 Å². The first kappa shape index (κ1) is 20.8. The Morgan fingerprint density at radius 3 is 2.48 bits per heavy atom. The number of primary amides is 1. The Hall–Kier alpha value is -2.97. The van der Waals surface area contributed by atoms with Gasteiger partial charge in [-0.2, -0.15) is 0 Å². The highest BCUT2D eigenvalue weighted by Gasteiger charge is 2.35. The van der Waals surface area contributed by atoms with Crippen molar-refractivity contribution in [1.82, 2.24) is 4.90 Å². The smallest absolute Gasteiger partial charge is 0.293 e. The first-order valence-electron chi connectivity index (χ1n) is 8.58. The summed E-state index contributed by atoms with van der Waals surface area (Å²) in [5, 5.41) is 0.0636. The highest BCUT2D eigenvalue weighted by molar-refractivity contribution is 8.18. The third kappa shape index (κ3) is 5.30. The quantitative estimate of drug-likeness (QED) is 0.642. The van der Waals surface area contributed by atoms with E-state index in [4.69, 9.17) is 26.8 Å². The highest BCUT2D eigenvalue weighted by Crippen LogP contribution is 2.34. The zero-order valence-corrected chi connectivity index (χ0v) is 16.7. The summed E-state index contributed by atoms with van der Waals surface area (Å²) in [5.74, 6) is -0.163. The van der Waals surface area contributed by atoms with Gasteiger partial charge in [0, 0.05) is 5.56 Å². The summed E-state index contributed by atoms with van der Waals surface area (Å²) in [6, 6.07) is 13.8. The maximum Gasteiger partial charge on any atom is 0.293 e. The molecule has 7 nitrogen and oxygen atoms in total. The average molecular weight is 433 g/mol. The Balaban J connectivity index is 1.67. The number of nitrogens with zero attached hydrogens (tertiary/aromatic N) is 1. The molecular formula is C20H17ClN2O5S. The third-order valence-corrected chi connectivity index (χ3v) is 5.08. The molecule has 2 aromatic carbocycles. The number of rotatable bonds is 8. The number of hydrogen-bond acceptors (Lipinski definition) is 6. The van der Waals surface area contributed by atoms with Gasteiger partial charge in [0.15, 0.2) is 6.61 Å². The molecule has 3 rings (SSSR count). The van der Waals surface area contributed by atoms with E-state index in [-0.39, 0.29) is 29.9 Å². The second kappa shape index (κ2) is 9.49. The van der Waals surface area contributed by atoms with Crippen molar-refractivity contribution in [2.45, 2.75) is 0 Å². The normalized spacial score (nSPS) is 15.1. The molecule has 1 fully saturated rings. The first-order chi connectivity index (χ1) is 14.0. The molecule has 0 aliphatic carbocycles. The number of imide groups is 1. The summed E-state index contributed by atoms with van der Waals surface area (Å²) in [6.07, 6.45) is 1.55. The second-order valence-electron chi connectivity index (χ2n) is 5.91. The molecular weight excluding hydrogens is 416 g/mol. The summed E-state index contributed by atoms with van der Waals surface area (Å²) in [5.41, 5.74) is 5.66. The van der Waals surface area contributed by atoms with Gasteiger partial charge in [0.1, 0.15) is 18.1 Å². The number of amides is 3. The summed E-state index contributed by atoms with van der Waals surface area (Å²) < 4.78 is 10.9. The number of hydrogen-bond donors (Lipinski definition) is 1. The lowest BCUT2D eigenvalue weighted by Crippen LogP contribution is -2.32. The summed E-state index contributed by atoms with van der Waals surface area (Å²) in [4.78, 5) is 37.2. The van der Waals surface area contributed by atoms with Crippen LogP contribution >= 0.6 is 23.4 Å². The van der Waals surface area contributed by atoms with Crippen molar-refractivity contribution >= 4 is 46.5 Å². The largest absolute Gasteiger partial charge is 0.490 e. The van der Waals surface area contributed by atoms with Crippen LogP contribution in [-0.2, 0) is 9.59 Å². The number of carbonyl (C=O) groups is 3. The van der Waals surface area contributed by atoms with Crippen LogP contribution in [-0.4, -0.2) is 41.7 Å². The minimum absolute atomic E-state index is 0.0903. The maximum absolute atomic E-state index is 12.6. The molecule has 0 spiro atoms. The lowest BCUT2D eigenvalue weighted by Gasteiger charge is -2.13. The molecule has 150 valence electrons. The Morgan fingerprint density at radius 2 is 1.76 bits per heavy atom. The van der Waals surface area contributed by atoms with Gasteiger partial charge in [0.05, 0.1) is 16.5 Å². The van der Waals surface area contributed by atoms with Crippen molar-refractivity contribution < 1.29 is 23.9 Å². The van der Waals surface area contributed by atoms with Crippen molar-refractivity contribution in [1.29, 1.82) is 0 Å². The number of halogens is 1. The van der Waals surface area contributed by atoms with Crippen molar-refractivity contribution in [2.24, 2.45) is 5.73 Å². The molecule has 1 heterocycles. The van der Waals surface area contributed by atoms with Crippen LogP contribution in [0.3, 0.4) is 0 Å². The van der Waals surface area contributed by atoms with E-state index in [9.17, 15) is 14.4 Å². The van der Waals surface area contributed by atoms with E-state index in [1.165, 1.54) is 0 Å². The molecule has 0 bridgehead atoms. The highest BCUT2D eigenvalue weighted by atomic mass is 35.5. The van der Waals surface area contributed by atoms with E-state index < -0.39 is 11.8 Å². The van der Waals surface area contributed by atoms with Crippen LogP contribution in [0.15, 0.2) is 53.4 Å². The lowest BCUT2D eigenvalue weighted by atomic mass is 10.2. The van der Waals surface area contributed by atoms with Crippen LogP contribution in [0.5, 0.6) is 11.5 Å². The van der Waals surface area contributed by atoms with Crippen LogP contribution in [0.2, 0.25) is 5.02 Å². The fraction of sp³-hybridized carbons (Fsp3) is 0.150. The zero-order chi connectivity index (χ0) is 20.8. The first-order valence-corrected chi connectivity index (χ1v) is 9.78. The number of thioether (sulfide) groups is 1. The summed E-state index contributed by atoms with van der Waals surface area (Å²) in [7, 11) is 0. The molecule has 2 aromatic rings. The maximum atomic E-state index is 12.6. The molecule has 1 aliphatic heterocycles. The molecule has 2 N–H and O–H groups in total.